The van der Waals surface area contributed by atoms with Crippen molar-refractivity contribution in [1.82, 2.24) is 4.90 Å². The third-order valence-electron chi connectivity index (χ3n) is 3.40. The fourth-order valence-corrected chi connectivity index (χ4v) is 2.31. The van der Waals surface area contributed by atoms with E-state index in [4.69, 9.17) is 0 Å². The Bertz CT molecular complexity index is 465. The van der Waals surface area contributed by atoms with Gasteiger partial charge >= 0.3 is 0 Å². The van der Waals surface area contributed by atoms with Crippen LogP contribution in [0.3, 0.4) is 0 Å². The lowest BCUT2D eigenvalue weighted by molar-refractivity contribution is -0.134. The molecule has 1 aliphatic heterocycles. The summed E-state index contributed by atoms with van der Waals surface area (Å²) in [6.45, 7) is 1.48. The highest BCUT2D eigenvalue weighted by atomic mass is 19.1. The van der Waals surface area contributed by atoms with Gasteiger partial charge in [0.1, 0.15) is 12.2 Å². The molecule has 2 amide bonds. The molecule has 0 aromatic heterocycles. The predicted molar refractivity (Wildman–Crippen MR) is 74.7 cm³/mol. The maximum atomic E-state index is 12.7. The van der Waals surface area contributed by atoms with Crippen LogP contribution in [0, 0.1) is 5.82 Å². The van der Waals surface area contributed by atoms with Crippen LogP contribution < -0.4 is 5.32 Å². The van der Waals surface area contributed by atoms with E-state index in [9.17, 15) is 14.0 Å². The lowest BCUT2D eigenvalue weighted by atomic mass is 10.2. The van der Waals surface area contributed by atoms with Crippen LogP contribution in [-0.2, 0) is 9.59 Å². The van der Waals surface area contributed by atoms with Crippen molar-refractivity contribution < 1.29 is 14.0 Å². The maximum absolute atomic E-state index is 12.7. The van der Waals surface area contributed by atoms with E-state index < -0.39 is 0 Å². The van der Waals surface area contributed by atoms with Crippen molar-refractivity contribution >= 4 is 17.5 Å². The van der Waals surface area contributed by atoms with Crippen molar-refractivity contribution in [2.24, 2.45) is 0 Å². The SMILES string of the molecule is O=C(CC(=O)N1CCCCCC1)Nc1ccc(F)cc1. The molecule has 0 radical (unpaired) electrons. The number of hydrogen-bond acceptors (Lipinski definition) is 2. The molecule has 1 aromatic carbocycles. The third kappa shape index (κ3) is 4.33. The van der Waals surface area contributed by atoms with Crippen molar-refractivity contribution in [3.63, 3.8) is 0 Å². The quantitative estimate of drug-likeness (QED) is 0.864. The van der Waals surface area contributed by atoms with Gasteiger partial charge in [-0.2, -0.15) is 0 Å². The number of halogens is 1. The lowest BCUT2D eigenvalue weighted by Crippen LogP contribution is -2.34. The Labute approximate surface area is 118 Å². The standard InChI is InChI=1S/C15H19FN2O2/c16-12-5-7-13(8-6-12)17-14(19)11-15(20)18-9-3-1-2-4-10-18/h5-8H,1-4,9-11H2,(H,17,19). The smallest absolute Gasteiger partial charge is 0.233 e. The number of carbonyl (C=O) groups is 2. The zero-order valence-electron chi connectivity index (χ0n) is 11.4. The number of carbonyl (C=O) groups excluding carboxylic acids is 2. The van der Waals surface area contributed by atoms with E-state index in [0.717, 1.165) is 38.8 Å². The van der Waals surface area contributed by atoms with Gasteiger partial charge in [-0.1, -0.05) is 12.8 Å². The van der Waals surface area contributed by atoms with E-state index in [1.54, 1.807) is 4.90 Å². The van der Waals surface area contributed by atoms with Crippen LogP contribution >= 0.6 is 0 Å². The molecule has 0 unspecified atom stereocenters. The topological polar surface area (TPSA) is 49.4 Å². The predicted octanol–water partition coefficient (Wildman–Crippen LogP) is 2.56. The normalized spacial score (nSPS) is 15.6. The average Bonchev–Trinajstić information content (AvgIpc) is 2.70. The van der Waals surface area contributed by atoms with Crippen LogP contribution in [0.2, 0.25) is 0 Å². The van der Waals surface area contributed by atoms with Gasteiger partial charge in [-0.3, -0.25) is 9.59 Å². The number of nitrogens with zero attached hydrogens (tertiary/aromatic N) is 1. The van der Waals surface area contributed by atoms with Gasteiger partial charge in [-0.05, 0) is 37.1 Å². The van der Waals surface area contributed by atoms with Crippen LogP contribution in [0.15, 0.2) is 24.3 Å². The summed E-state index contributed by atoms with van der Waals surface area (Å²) in [5, 5.41) is 2.60. The molecule has 5 heteroatoms. The molecule has 1 saturated heterocycles. The highest BCUT2D eigenvalue weighted by molar-refractivity contribution is 6.03. The zero-order valence-corrected chi connectivity index (χ0v) is 11.4. The Kier molecular flexibility index (Phi) is 5.09. The van der Waals surface area contributed by atoms with Gasteiger partial charge in [0.05, 0.1) is 0 Å². The molecule has 0 aliphatic carbocycles. The Morgan fingerprint density at radius 2 is 1.65 bits per heavy atom. The van der Waals surface area contributed by atoms with E-state index in [1.165, 1.54) is 24.3 Å². The second kappa shape index (κ2) is 7.03. The first-order chi connectivity index (χ1) is 9.65. The van der Waals surface area contributed by atoms with Gasteiger partial charge in [-0.25, -0.2) is 4.39 Å². The van der Waals surface area contributed by atoms with Gasteiger partial charge < -0.3 is 10.2 Å². The minimum absolute atomic E-state index is 0.133. The Morgan fingerprint density at radius 1 is 1.05 bits per heavy atom. The number of nitrogens with one attached hydrogen (secondary N) is 1. The lowest BCUT2D eigenvalue weighted by Gasteiger charge is -2.19. The maximum Gasteiger partial charge on any atom is 0.233 e. The minimum atomic E-state index is -0.358. The van der Waals surface area contributed by atoms with Crippen molar-refractivity contribution in [2.45, 2.75) is 32.1 Å². The molecule has 1 aliphatic rings. The third-order valence-corrected chi connectivity index (χ3v) is 3.40. The molecule has 1 aromatic rings. The summed E-state index contributed by atoms with van der Waals surface area (Å²) in [6, 6.07) is 5.49. The summed E-state index contributed by atoms with van der Waals surface area (Å²) >= 11 is 0. The van der Waals surface area contributed by atoms with Crippen molar-refractivity contribution in [3.05, 3.63) is 30.1 Å². The van der Waals surface area contributed by atoms with Crippen LogP contribution in [0.4, 0.5) is 10.1 Å². The van der Waals surface area contributed by atoms with Gasteiger partial charge in [0.25, 0.3) is 0 Å². The molecule has 108 valence electrons. The number of hydrogen-bond donors (Lipinski definition) is 1. The first-order valence-corrected chi connectivity index (χ1v) is 6.98. The molecule has 0 atom stereocenters. The highest BCUT2D eigenvalue weighted by Gasteiger charge is 2.18. The number of anilines is 1. The van der Waals surface area contributed by atoms with Gasteiger partial charge in [0.2, 0.25) is 11.8 Å². The molecule has 1 N–H and O–H groups in total. The van der Waals surface area contributed by atoms with Crippen molar-refractivity contribution in [1.29, 1.82) is 0 Å². The Morgan fingerprint density at radius 3 is 2.25 bits per heavy atom. The van der Waals surface area contributed by atoms with E-state index in [1.807, 2.05) is 0 Å². The largest absolute Gasteiger partial charge is 0.342 e. The highest BCUT2D eigenvalue weighted by Crippen LogP contribution is 2.12. The number of benzene rings is 1. The summed E-state index contributed by atoms with van der Waals surface area (Å²) in [5.41, 5.74) is 0.500. The van der Waals surface area contributed by atoms with Gasteiger partial charge in [0, 0.05) is 18.8 Å². The summed E-state index contributed by atoms with van der Waals surface area (Å²) in [7, 11) is 0. The summed E-state index contributed by atoms with van der Waals surface area (Å²) in [4.78, 5) is 25.6. The number of likely N-dealkylation sites (tertiary alicyclic amines) is 1. The van der Waals surface area contributed by atoms with Gasteiger partial charge in [0.15, 0.2) is 0 Å². The molecule has 0 spiro atoms. The van der Waals surface area contributed by atoms with Gasteiger partial charge in [-0.15, -0.1) is 0 Å². The summed E-state index contributed by atoms with van der Waals surface area (Å²) in [5.74, 6) is -0.846. The molecular weight excluding hydrogens is 259 g/mol. The van der Waals surface area contributed by atoms with Crippen LogP contribution in [0.1, 0.15) is 32.1 Å². The summed E-state index contributed by atoms with van der Waals surface area (Å²) in [6.07, 6.45) is 4.14. The van der Waals surface area contributed by atoms with E-state index in [2.05, 4.69) is 5.32 Å². The fraction of sp³-hybridized carbons (Fsp3) is 0.467. The Balaban J connectivity index is 1.84. The molecule has 0 saturated carbocycles. The molecule has 4 nitrogen and oxygen atoms in total. The zero-order chi connectivity index (χ0) is 14.4. The Hall–Kier alpha value is -1.91. The van der Waals surface area contributed by atoms with E-state index >= 15 is 0 Å². The number of rotatable bonds is 3. The second-order valence-electron chi connectivity index (χ2n) is 5.03. The van der Waals surface area contributed by atoms with Crippen molar-refractivity contribution in [2.75, 3.05) is 18.4 Å². The van der Waals surface area contributed by atoms with Crippen molar-refractivity contribution in [3.8, 4) is 0 Å². The van der Waals surface area contributed by atoms with Crippen LogP contribution in [0.5, 0.6) is 0 Å². The summed E-state index contributed by atoms with van der Waals surface area (Å²) < 4.78 is 12.7. The molecule has 1 fully saturated rings. The molecular formula is C15H19FN2O2. The van der Waals surface area contributed by atoms with E-state index in [0.29, 0.717) is 5.69 Å². The minimum Gasteiger partial charge on any atom is -0.342 e. The van der Waals surface area contributed by atoms with Crippen LogP contribution in [0.25, 0.3) is 0 Å². The van der Waals surface area contributed by atoms with Crippen LogP contribution in [-0.4, -0.2) is 29.8 Å². The first-order valence-electron chi connectivity index (χ1n) is 6.98. The number of amides is 2. The monoisotopic (exact) mass is 278 g/mol. The molecule has 1 heterocycles. The fourth-order valence-electron chi connectivity index (χ4n) is 2.31. The molecule has 20 heavy (non-hydrogen) atoms. The molecule has 2 rings (SSSR count). The first kappa shape index (κ1) is 14.5. The molecule has 0 bridgehead atoms. The van der Waals surface area contributed by atoms with E-state index in [-0.39, 0.29) is 24.1 Å². The average molecular weight is 278 g/mol. The second-order valence-corrected chi connectivity index (χ2v) is 5.03.